The van der Waals surface area contributed by atoms with E-state index in [-0.39, 0.29) is 19.2 Å². The number of rotatable bonds is 7. The van der Waals surface area contributed by atoms with E-state index in [0.29, 0.717) is 23.2 Å². The zero-order valence-electron chi connectivity index (χ0n) is 12.6. The maximum Gasteiger partial charge on any atom is 0.319 e. The number of ether oxygens (including phenoxy) is 1. The van der Waals surface area contributed by atoms with E-state index < -0.39 is 6.10 Å². The van der Waals surface area contributed by atoms with Crippen molar-refractivity contribution in [2.24, 2.45) is 5.92 Å². The zero-order valence-corrected chi connectivity index (χ0v) is 13.4. The maximum atomic E-state index is 11.7. The van der Waals surface area contributed by atoms with Crippen molar-refractivity contribution in [3.8, 4) is 0 Å². The SMILES string of the molecule is Cc1cc(Cl)ccc1NC(=O)NCC(O)COCC(C)C. The number of benzene rings is 1. The molecule has 1 rings (SSSR count). The highest BCUT2D eigenvalue weighted by atomic mass is 35.5. The van der Waals surface area contributed by atoms with Crippen LogP contribution in [0.5, 0.6) is 0 Å². The number of hydrogen-bond donors (Lipinski definition) is 3. The molecule has 0 aliphatic heterocycles. The first-order chi connectivity index (χ1) is 9.88. The lowest BCUT2D eigenvalue weighted by molar-refractivity contribution is 0.0274. The molecule has 2 amide bonds. The smallest absolute Gasteiger partial charge is 0.319 e. The van der Waals surface area contributed by atoms with Crippen molar-refractivity contribution in [1.82, 2.24) is 5.32 Å². The van der Waals surface area contributed by atoms with Gasteiger partial charge < -0.3 is 20.5 Å². The average Bonchev–Trinajstić information content (AvgIpc) is 2.39. The molecule has 5 nitrogen and oxygen atoms in total. The number of amides is 2. The summed E-state index contributed by atoms with van der Waals surface area (Å²) in [5.41, 5.74) is 1.56. The maximum absolute atomic E-state index is 11.7. The van der Waals surface area contributed by atoms with E-state index in [1.165, 1.54) is 0 Å². The molecule has 0 aliphatic rings. The van der Waals surface area contributed by atoms with Gasteiger partial charge in [0, 0.05) is 23.9 Å². The Bertz CT molecular complexity index is 466. The Balaban J connectivity index is 2.30. The van der Waals surface area contributed by atoms with Gasteiger partial charge in [0.05, 0.1) is 12.7 Å². The normalized spacial score (nSPS) is 12.3. The molecule has 0 heterocycles. The second-order valence-corrected chi connectivity index (χ2v) is 5.82. The number of anilines is 1. The Morgan fingerprint density at radius 2 is 2.10 bits per heavy atom. The summed E-state index contributed by atoms with van der Waals surface area (Å²) >= 11 is 5.85. The lowest BCUT2D eigenvalue weighted by Gasteiger charge is -2.14. The van der Waals surface area contributed by atoms with Gasteiger partial charge in [0.15, 0.2) is 0 Å². The van der Waals surface area contributed by atoms with Crippen LogP contribution in [0.1, 0.15) is 19.4 Å². The van der Waals surface area contributed by atoms with Gasteiger partial charge in [0.2, 0.25) is 0 Å². The minimum Gasteiger partial charge on any atom is -0.389 e. The Morgan fingerprint density at radius 1 is 1.38 bits per heavy atom. The lowest BCUT2D eigenvalue weighted by Crippen LogP contribution is -2.37. The fourth-order valence-corrected chi connectivity index (χ4v) is 1.87. The summed E-state index contributed by atoms with van der Waals surface area (Å²) < 4.78 is 5.30. The third-order valence-electron chi connectivity index (χ3n) is 2.70. The molecule has 6 heteroatoms. The molecular formula is C15H23ClN2O3. The van der Waals surface area contributed by atoms with Crippen molar-refractivity contribution in [1.29, 1.82) is 0 Å². The second-order valence-electron chi connectivity index (χ2n) is 5.38. The van der Waals surface area contributed by atoms with E-state index in [9.17, 15) is 9.90 Å². The molecule has 0 bridgehead atoms. The summed E-state index contributed by atoms with van der Waals surface area (Å²) in [6, 6.07) is 4.84. The lowest BCUT2D eigenvalue weighted by atomic mass is 10.2. The summed E-state index contributed by atoms with van der Waals surface area (Å²) in [7, 11) is 0. The van der Waals surface area contributed by atoms with Crippen LogP contribution in [-0.4, -0.2) is 37.0 Å². The van der Waals surface area contributed by atoms with Gasteiger partial charge in [0.25, 0.3) is 0 Å². The van der Waals surface area contributed by atoms with Crippen molar-refractivity contribution >= 4 is 23.3 Å². The molecule has 3 N–H and O–H groups in total. The minimum absolute atomic E-state index is 0.135. The first kappa shape index (κ1) is 17.8. The van der Waals surface area contributed by atoms with Crippen LogP contribution in [0.4, 0.5) is 10.5 Å². The number of nitrogens with one attached hydrogen (secondary N) is 2. The summed E-state index contributed by atoms with van der Waals surface area (Å²) in [5, 5.41) is 15.6. The van der Waals surface area contributed by atoms with Gasteiger partial charge >= 0.3 is 6.03 Å². The highest BCUT2D eigenvalue weighted by Crippen LogP contribution is 2.19. The third-order valence-corrected chi connectivity index (χ3v) is 2.93. The van der Waals surface area contributed by atoms with E-state index in [2.05, 4.69) is 10.6 Å². The highest BCUT2D eigenvalue weighted by molar-refractivity contribution is 6.30. The van der Waals surface area contributed by atoms with Crippen LogP contribution in [0.15, 0.2) is 18.2 Å². The number of aryl methyl sites for hydroxylation is 1. The Hall–Kier alpha value is -1.30. The van der Waals surface area contributed by atoms with Gasteiger partial charge in [-0.3, -0.25) is 0 Å². The monoisotopic (exact) mass is 314 g/mol. The molecule has 1 aromatic carbocycles. The predicted molar refractivity (Wildman–Crippen MR) is 84.9 cm³/mol. The number of aliphatic hydroxyl groups is 1. The number of urea groups is 1. The van der Waals surface area contributed by atoms with E-state index >= 15 is 0 Å². The van der Waals surface area contributed by atoms with Crippen LogP contribution in [0.25, 0.3) is 0 Å². The number of halogens is 1. The fraction of sp³-hybridized carbons (Fsp3) is 0.533. The number of aliphatic hydroxyl groups excluding tert-OH is 1. The van der Waals surface area contributed by atoms with Crippen molar-refractivity contribution in [3.63, 3.8) is 0 Å². The van der Waals surface area contributed by atoms with Gasteiger partial charge in [0.1, 0.15) is 0 Å². The molecule has 1 atom stereocenters. The van der Waals surface area contributed by atoms with Crippen LogP contribution < -0.4 is 10.6 Å². The molecule has 0 fully saturated rings. The largest absolute Gasteiger partial charge is 0.389 e. The molecule has 21 heavy (non-hydrogen) atoms. The molecule has 0 saturated carbocycles. The molecule has 0 saturated heterocycles. The molecule has 1 unspecified atom stereocenters. The fourth-order valence-electron chi connectivity index (χ4n) is 1.64. The van der Waals surface area contributed by atoms with Crippen molar-refractivity contribution < 1.29 is 14.6 Å². The van der Waals surface area contributed by atoms with Gasteiger partial charge in [-0.2, -0.15) is 0 Å². The van der Waals surface area contributed by atoms with Gasteiger partial charge in [-0.25, -0.2) is 4.79 Å². The molecule has 0 radical (unpaired) electrons. The Labute approximate surface area is 130 Å². The van der Waals surface area contributed by atoms with E-state index in [4.69, 9.17) is 16.3 Å². The van der Waals surface area contributed by atoms with Crippen molar-refractivity contribution in [2.45, 2.75) is 26.9 Å². The molecule has 0 spiro atoms. The van der Waals surface area contributed by atoms with E-state index in [1.54, 1.807) is 18.2 Å². The zero-order chi connectivity index (χ0) is 15.8. The molecule has 1 aromatic rings. The van der Waals surface area contributed by atoms with Crippen LogP contribution >= 0.6 is 11.6 Å². The first-order valence-electron chi connectivity index (χ1n) is 6.95. The van der Waals surface area contributed by atoms with Crippen LogP contribution in [0.2, 0.25) is 5.02 Å². The summed E-state index contributed by atoms with van der Waals surface area (Å²) in [4.78, 5) is 11.7. The Kier molecular flexibility index (Phi) is 7.50. The van der Waals surface area contributed by atoms with Crippen molar-refractivity contribution in [3.05, 3.63) is 28.8 Å². The third kappa shape index (κ3) is 7.32. The van der Waals surface area contributed by atoms with Gasteiger partial charge in [-0.1, -0.05) is 25.4 Å². The Morgan fingerprint density at radius 3 is 2.71 bits per heavy atom. The predicted octanol–water partition coefficient (Wildman–Crippen LogP) is 2.80. The number of carbonyl (C=O) groups excluding carboxylic acids is 1. The quantitative estimate of drug-likeness (QED) is 0.724. The van der Waals surface area contributed by atoms with E-state index in [0.717, 1.165) is 5.56 Å². The highest BCUT2D eigenvalue weighted by Gasteiger charge is 2.09. The molecular weight excluding hydrogens is 292 g/mol. The van der Waals surface area contributed by atoms with E-state index in [1.807, 2.05) is 20.8 Å². The second kappa shape index (κ2) is 8.87. The average molecular weight is 315 g/mol. The molecule has 0 aromatic heterocycles. The van der Waals surface area contributed by atoms with Gasteiger partial charge in [-0.05, 0) is 36.6 Å². The van der Waals surface area contributed by atoms with Gasteiger partial charge in [-0.15, -0.1) is 0 Å². The standard InChI is InChI=1S/C15H23ClN2O3/c1-10(2)8-21-9-13(19)7-17-15(20)18-14-5-4-12(16)6-11(14)3/h4-6,10,13,19H,7-9H2,1-3H3,(H2,17,18,20). The van der Waals surface area contributed by atoms with Crippen LogP contribution in [0, 0.1) is 12.8 Å². The van der Waals surface area contributed by atoms with Crippen molar-refractivity contribution in [2.75, 3.05) is 25.1 Å². The molecule has 118 valence electrons. The number of hydrogen-bond acceptors (Lipinski definition) is 3. The molecule has 0 aliphatic carbocycles. The topological polar surface area (TPSA) is 70.6 Å². The van der Waals surface area contributed by atoms with Crippen LogP contribution in [0.3, 0.4) is 0 Å². The summed E-state index contributed by atoms with van der Waals surface area (Å²) in [6.45, 7) is 6.86. The first-order valence-corrected chi connectivity index (χ1v) is 7.33. The minimum atomic E-state index is -0.721. The summed E-state index contributed by atoms with van der Waals surface area (Å²) in [6.07, 6.45) is -0.721. The van der Waals surface area contributed by atoms with Crippen LogP contribution in [-0.2, 0) is 4.74 Å². The summed E-state index contributed by atoms with van der Waals surface area (Å²) in [5.74, 6) is 0.418. The number of carbonyl (C=O) groups is 1.